The van der Waals surface area contributed by atoms with Gasteiger partial charge in [-0.05, 0) is 54.7 Å². The molecule has 0 saturated carbocycles. The summed E-state index contributed by atoms with van der Waals surface area (Å²) in [6, 6.07) is 18.3. The molecule has 2 aromatic heterocycles. The number of aromatic amines is 1. The van der Waals surface area contributed by atoms with Crippen molar-refractivity contribution < 1.29 is 9.53 Å². The molecule has 190 valence electrons. The number of nitrogens with one attached hydrogen (secondary N) is 1. The van der Waals surface area contributed by atoms with Crippen molar-refractivity contribution in [1.82, 2.24) is 24.8 Å². The van der Waals surface area contributed by atoms with E-state index in [1.807, 2.05) is 65.7 Å². The molecule has 2 fully saturated rings. The third kappa shape index (κ3) is 4.91. The molecule has 0 unspecified atom stereocenters. The van der Waals surface area contributed by atoms with Gasteiger partial charge in [-0.1, -0.05) is 42.8 Å². The molecule has 0 radical (unpaired) electrons. The Morgan fingerprint density at radius 1 is 1.05 bits per heavy atom. The number of rotatable bonds is 5. The monoisotopic (exact) mass is 503 g/mol. The predicted octanol–water partition coefficient (Wildman–Crippen LogP) is 4.88. The molecule has 4 heterocycles. The van der Waals surface area contributed by atoms with E-state index in [2.05, 4.69) is 38.3 Å². The van der Waals surface area contributed by atoms with Gasteiger partial charge in [0.15, 0.2) is 0 Å². The summed E-state index contributed by atoms with van der Waals surface area (Å²) in [7, 11) is 0. The Hall–Kier alpha value is -4.41. The highest BCUT2D eigenvalue weighted by Crippen LogP contribution is 2.33. The van der Waals surface area contributed by atoms with E-state index >= 15 is 0 Å². The molecule has 7 heteroatoms. The van der Waals surface area contributed by atoms with Crippen molar-refractivity contribution in [2.24, 2.45) is 5.92 Å². The lowest BCUT2D eigenvalue weighted by atomic mass is 9.93. The summed E-state index contributed by atoms with van der Waals surface area (Å²) in [4.78, 5) is 28.3. The minimum absolute atomic E-state index is 0.0352. The standard InChI is InChI=1S/C31H29N5O2/c1-2-29(37)35-16-14-24(15-17-35)36-19-22(20-36)8-13-28-30(27-18-32-21-33-31(27)34-28)23-9-11-26(12-10-23)38-25-6-4-3-5-7-25/h2-7,9-12,18,21-22,24H,1,14-17,19-20H2,(H,32,33,34). The van der Waals surface area contributed by atoms with Gasteiger partial charge >= 0.3 is 0 Å². The Kier molecular flexibility index (Phi) is 6.63. The molecule has 6 rings (SSSR count). The van der Waals surface area contributed by atoms with Crippen LogP contribution in [0.15, 0.2) is 79.8 Å². The van der Waals surface area contributed by atoms with E-state index in [9.17, 15) is 4.79 Å². The summed E-state index contributed by atoms with van der Waals surface area (Å²) in [5, 5.41) is 0.949. The highest BCUT2D eigenvalue weighted by molar-refractivity contribution is 5.96. The second-order valence-corrected chi connectivity index (χ2v) is 9.78. The third-order valence-electron chi connectivity index (χ3n) is 7.38. The van der Waals surface area contributed by atoms with Gasteiger partial charge in [0.1, 0.15) is 23.5 Å². The zero-order chi connectivity index (χ0) is 25.9. The molecule has 2 aromatic carbocycles. The number of carbonyl (C=O) groups is 1. The quantitative estimate of drug-likeness (QED) is 0.311. The fourth-order valence-electron chi connectivity index (χ4n) is 5.29. The SMILES string of the molecule is C=CC(=O)N1CCC(N2CC(C#Cc3[nH]c4ncncc4c3-c3ccc(Oc4ccccc4)cc3)C2)CC1. The minimum Gasteiger partial charge on any atom is -0.457 e. The van der Waals surface area contributed by atoms with Gasteiger partial charge in [-0.3, -0.25) is 9.69 Å². The lowest BCUT2D eigenvalue weighted by molar-refractivity contribution is -0.127. The number of piperidine rings is 1. The number of ether oxygens (including phenoxy) is 1. The molecule has 0 spiro atoms. The van der Waals surface area contributed by atoms with Crippen molar-refractivity contribution >= 4 is 16.9 Å². The van der Waals surface area contributed by atoms with Gasteiger partial charge in [0, 0.05) is 55.3 Å². The highest BCUT2D eigenvalue weighted by atomic mass is 16.5. The van der Waals surface area contributed by atoms with Gasteiger partial charge in [0.05, 0.1) is 5.69 Å². The maximum absolute atomic E-state index is 11.8. The van der Waals surface area contributed by atoms with Gasteiger partial charge in [-0.25, -0.2) is 9.97 Å². The fourth-order valence-corrected chi connectivity index (χ4v) is 5.29. The number of aromatic nitrogens is 3. The first kappa shape index (κ1) is 24.0. The van der Waals surface area contributed by atoms with Crippen LogP contribution < -0.4 is 4.74 Å². The van der Waals surface area contributed by atoms with Crippen molar-refractivity contribution in [3.05, 3.63) is 85.5 Å². The Morgan fingerprint density at radius 3 is 2.53 bits per heavy atom. The molecule has 1 amide bonds. The number of hydrogen-bond acceptors (Lipinski definition) is 5. The molecule has 0 aliphatic carbocycles. The molecule has 7 nitrogen and oxygen atoms in total. The molecule has 0 atom stereocenters. The molecule has 2 aliphatic rings. The van der Waals surface area contributed by atoms with Crippen LogP contribution in [0.4, 0.5) is 0 Å². The minimum atomic E-state index is 0.0352. The topological polar surface area (TPSA) is 74.4 Å². The summed E-state index contributed by atoms with van der Waals surface area (Å²) in [6.45, 7) is 7.14. The number of hydrogen-bond donors (Lipinski definition) is 1. The van der Waals surface area contributed by atoms with E-state index < -0.39 is 0 Å². The zero-order valence-corrected chi connectivity index (χ0v) is 21.1. The number of amides is 1. The Morgan fingerprint density at radius 2 is 1.79 bits per heavy atom. The van der Waals surface area contributed by atoms with Gasteiger partial charge in [-0.2, -0.15) is 0 Å². The Balaban J connectivity index is 1.16. The van der Waals surface area contributed by atoms with E-state index in [1.54, 1.807) is 6.33 Å². The van der Waals surface area contributed by atoms with Crippen molar-refractivity contribution in [2.75, 3.05) is 26.2 Å². The van der Waals surface area contributed by atoms with Crippen molar-refractivity contribution in [3.8, 4) is 34.5 Å². The smallest absolute Gasteiger partial charge is 0.245 e. The van der Waals surface area contributed by atoms with E-state index in [-0.39, 0.29) is 5.91 Å². The third-order valence-corrected chi connectivity index (χ3v) is 7.38. The number of H-pyrrole nitrogens is 1. The number of fused-ring (bicyclic) bond motifs is 1. The average Bonchev–Trinajstić information content (AvgIpc) is 3.31. The Bertz CT molecular complexity index is 1500. The first-order valence-corrected chi connectivity index (χ1v) is 13.0. The summed E-state index contributed by atoms with van der Waals surface area (Å²) in [5.41, 5.74) is 3.67. The van der Waals surface area contributed by atoms with Crippen LogP contribution in [-0.4, -0.2) is 62.9 Å². The largest absolute Gasteiger partial charge is 0.457 e. The van der Waals surface area contributed by atoms with Crippen LogP contribution in [0.1, 0.15) is 18.5 Å². The van der Waals surface area contributed by atoms with E-state index in [0.717, 1.165) is 78.4 Å². The maximum Gasteiger partial charge on any atom is 0.245 e. The fraction of sp³-hybridized carbons (Fsp3) is 0.258. The molecule has 38 heavy (non-hydrogen) atoms. The van der Waals surface area contributed by atoms with Gasteiger partial charge < -0.3 is 14.6 Å². The van der Waals surface area contributed by atoms with Crippen molar-refractivity contribution in [1.29, 1.82) is 0 Å². The molecule has 2 aliphatic heterocycles. The summed E-state index contributed by atoms with van der Waals surface area (Å²) in [6.07, 6.45) is 6.81. The van der Waals surface area contributed by atoms with Crippen LogP contribution in [0.25, 0.3) is 22.2 Å². The van der Waals surface area contributed by atoms with Gasteiger partial charge in [0.2, 0.25) is 5.91 Å². The molecular formula is C31H29N5O2. The molecule has 4 aromatic rings. The second kappa shape index (κ2) is 10.5. The lowest BCUT2D eigenvalue weighted by Gasteiger charge is -2.45. The second-order valence-electron chi connectivity index (χ2n) is 9.78. The zero-order valence-electron chi connectivity index (χ0n) is 21.1. The molecule has 1 N–H and O–H groups in total. The molecule has 0 bridgehead atoms. The van der Waals surface area contributed by atoms with Crippen LogP contribution in [0.5, 0.6) is 11.5 Å². The first-order chi connectivity index (χ1) is 18.7. The van der Waals surface area contributed by atoms with Gasteiger partial charge in [-0.15, -0.1) is 0 Å². The van der Waals surface area contributed by atoms with Gasteiger partial charge in [0.25, 0.3) is 0 Å². The number of para-hydroxylation sites is 1. The predicted molar refractivity (Wildman–Crippen MR) is 148 cm³/mol. The summed E-state index contributed by atoms with van der Waals surface area (Å²) < 4.78 is 5.96. The summed E-state index contributed by atoms with van der Waals surface area (Å²) >= 11 is 0. The maximum atomic E-state index is 11.8. The van der Waals surface area contributed by atoms with Crippen molar-refractivity contribution in [2.45, 2.75) is 18.9 Å². The van der Waals surface area contributed by atoms with E-state index in [0.29, 0.717) is 12.0 Å². The number of carbonyl (C=O) groups excluding carboxylic acids is 1. The van der Waals surface area contributed by atoms with Crippen LogP contribution >= 0.6 is 0 Å². The molecule has 2 saturated heterocycles. The van der Waals surface area contributed by atoms with Crippen LogP contribution in [0.2, 0.25) is 0 Å². The van der Waals surface area contributed by atoms with Crippen LogP contribution in [-0.2, 0) is 4.79 Å². The van der Waals surface area contributed by atoms with E-state index in [1.165, 1.54) is 6.08 Å². The number of benzene rings is 2. The van der Waals surface area contributed by atoms with Crippen LogP contribution in [0.3, 0.4) is 0 Å². The Labute approximate surface area is 222 Å². The average molecular weight is 504 g/mol. The normalized spacial score (nSPS) is 16.5. The lowest BCUT2D eigenvalue weighted by Crippen LogP contribution is -2.55. The van der Waals surface area contributed by atoms with Crippen molar-refractivity contribution in [3.63, 3.8) is 0 Å². The summed E-state index contributed by atoms with van der Waals surface area (Å²) in [5.74, 6) is 8.84. The first-order valence-electron chi connectivity index (χ1n) is 13.0. The number of likely N-dealkylation sites (tertiary alicyclic amines) is 2. The highest BCUT2D eigenvalue weighted by Gasteiger charge is 2.33. The molecular weight excluding hydrogens is 474 g/mol. The van der Waals surface area contributed by atoms with E-state index in [4.69, 9.17) is 4.74 Å². The van der Waals surface area contributed by atoms with Crippen LogP contribution in [0, 0.1) is 17.8 Å². The number of nitrogens with zero attached hydrogens (tertiary/aromatic N) is 4.